The number of nitrogens with one attached hydrogen (secondary N) is 1. The Kier molecular flexibility index (Phi) is 4.50. The van der Waals surface area contributed by atoms with Crippen molar-refractivity contribution in [2.45, 2.75) is 0 Å². The molecule has 0 saturated heterocycles. The molecule has 0 radical (unpaired) electrons. The molecule has 0 aliphatic carbocycles. The second-order valence-electron chi connectivity index (χ2n) is 4.14. The minimum Gasteiger partial charge on any atom is -0.389 e. The molecule has 0 fully saturated rings. The van der Waals surface area contributed by atoms with Crippen molar-refractivity contribution in [2.24, 2.45) is 5.73 Å². The highest BCUT2D eigenvalue weighted by molar-refractivity contribution is 7.80. The van der Waals surface area contributed by atoms with Gasteiger partial charge in [0.25, 0.3) is 5.91 Å². The van der Waals surface area contributed by atoms with Crippen molar-refractivity contribution in [3.05, 3.63) is 64.2 Å². The molecule has 3 N–H and O–H groups in total. The van der Waals surface area contributed by atoms with E-state index in [1.165, 1.54) is 24.3 Å². The van der Waals surface area contributed by atoms with Crippen molar-refractivity contribution in [1.29, 1.82) is 0 Å². The van der Waals surface area contributed by atoms with E-state index < -0.39 is 17.5 Å². The van der Waals surface area contributed by atoms with Gasteiger partial charge in [-0.15, -0.1) is 0 Å². The second kappa shape index (κ2) is 6.15. The van der Waals surface area contributed by atoms with Gasteiger partial charge in [-0.2, -0.15) is 0 Å². The van der Waals surface area contributed by atoms with E-state index in [1.807, 2.05) is 0 Å². The van der Waals surface area contributed by atoms with Gasteiger partial charge >= 0.3 is 0 Å². The van der Waals surface area contributed by atoms with Gasteiger partial charge in [-0.05, 0) is 36.4 Å². The van der Waals surface area contributed by atoms with Crippen molar-refractivity contribution < 1.29 is 13.6 Å². The first kappa shape index (κ1) is 15.3. The van der Waals surface area contributed by atoms with Crippen LogP contribution in [0.15, 0.2) is 36.4 Å². The molecule has 2 rings (SSSR count). The first-order chi connectivity index (χ1) is 9.88. The molecule has 0 aliphatic rings. The van der Waals surface area contributed by atoms with E-state index in [2.05, 4.69) is 5.32 Å². The van der Waals surface area contributed by atoms with Gasteiger partial charge in [0, 0.05) is 16.8 Å². The molecule has 0 saturated carbocycles. The molecule has 21 heavy (non-hydrogen) atoms. The van der Waals surface area contributed by atoms with E-state index in [0.717, 1.165) is 12.1 Å². The fraction of sp³-hybridized carbons (Fsp3) is 0. The van der Waals surface area contributed by atoms with Gasteiger partial charge in [-0.25, -0.2) is 8.78 Å². The lowest BCUT2D eigenvalue weighted by atomic mass is 10.1. The maximum absolute atomic E-state index is 13.4. The van der Waals surface area contributed by atoms with Gasteiger partial charge in [-0.1, -0.05) is 23.8 Å². The molecule has 2 aromatic carbocycles. The first-order valence-corrected chi connectivity index (χ1v) is 6.53. The lowest BCUT2D eigenvalue weighted by Gasteiger charge is -2.08. The third-order valence-electron chi connectivity index (χ3n) is 2.67. The number of carbonyl (C=O) groups excluding carboxylic acids is 1. The normalized spacial score (nSPS) is 10.2. The van der Waals surface area contributed by atoms with E-state index in [1.54, 1.807) is 0 Å². The highest BCUT2D eigenvalue weighted by Gasteiger charge is 2.11. The SMILES string of the molecule is NC(=S)c1cc(NC(=O)c2ccc(Cl)c(F)c2)ccc1F. The van der Waals surface area contributed by atoms with Gasteiger partial charge in [0.15, 0.2) is 0 Å². The Balaban J connectivity index is 2.25. The number of thiocarbonyl (C=S) groups is 1. The van der Waals surface area contributed by atoms with Crippen LogP contribution in [0.4, 0.5) is 14.5 Å². The largest absolute Gasteiger partial charge is 0.389 e. The number of anilines is 1. The van der Waals surface area contributed by atoms with Crippen LogP contribution >= 0.6 is 23.8 Å². The number of benzene rings is 2. The quantitative estimate of drug-likeness (QED) is 0.849. The van der Waals surface area contributed by atoms with Crippen molar-refractivity contribution in [1.82, 2.24) is 0 Å². The Labute approximate surface area is 129 Å². The Morgan fingerprint density at radius 1 is 1.14 bits per heavy atom. The lowest BCUT2D eigenvalue weighted by Crippen LogP contribution is -2.15. The molecule has 0 unspecified atom stereocenters. The van der Waals surface area contributed by atoms with Crippen LogP contribution in [0.25, 0.3) is 0 Å². The smallest absolute Gasteiger partial charge is 0.255 e. The molecule has 2 aromatic rings. The van der Waals surface area contributed by atoms with Crippen LogP contribution in [-0.2, 0) is 0 Å². The van der Waals surface area contributed by atoms with Gasteiger partial charge in [0.1, 0.15) is 16.6 Å². The third kappa shape index (κ3) is 3.53. The zero-order chi connectivity index (χ0) is 15.6. The van der Waals surface area contributed by atoms with Crippen LogP contribution in [0.2, 0.25) is 5.02 Å². The molecule has 0 atom stereocenters. The fourth-order valence-electron chi connectivity index (χ4n) is 1.63. The molecular weight excluding hydrogens is 318 g/mol. The average molecular weight is 327 g/mol. The molecule has 0 aliphatic heterocycles. The highest BCUT2D eigenvalue weighted by atomic mass is 35.5. The van der Waals surface area contributed by atoms with Gasteiger partial charge in [-0.3, -0.25) is 4.79 Å². The summed E-state index contributed by atoms with van der Waals surface area (Å²) >= 11 is 10.3. The van der Waals surface area contributed by atoms with Crippen molar-refractivity contribution in [3.8, 4) is 0 Å². The van der Waals surface area contributed by atoms with Crippen LogP contribution in [0.1, 0.15) is 15.9 Å². The van der Waals surface area contributed by atoms with Crippen molar-refractivity contribution >= 4 is 40.4 Å². The summed E-state index contributed by atoms with van der Waals surface area (Å²) in [5, 5.41) is 2.42. The third-order valence-corrected chi connectivity index (χ3v) is 3.20. The number of rotatable bonds is 3. The summed E-state index contributed by atoms with van der Waals surface area (Å²) in [5.41, 5.74) is 5.77. The molecule has 0 heterocycles. The second-order valence-corrected chi connectivity index (χ2v) is 4.99. The van der Waals surface area contributed by atoms with Crippen molar-refractivity contribution in [2.75, 3.05) is 5.32 Å². The Morgan fingerprint density at radius 3 is 2.48 bits per heavy atom. The van der Waals surface area contributed by atoms with Crippen LogP contribution in [-0.4, -0.2) is 10.9 Å². The molecule has 7 heteroatoms. The highest BCUT2D eigenvalue weighted by Crippen LogP contribution is 2.18. The van der Waals surface area contributed by atoms with E-state index in [0.29, 0.717) is 5.69 Å². The van der Waals surface area contributed by atoms with Crippen LogP contribution in [0.3, 0.4) is 0 Å². The molecule has 1 amide bonds. The maximum atomic E-state index is 13.4. The zero-order valence-corrected chi connectivity index (χ0v) is 12.1. The van der Waals surface area contributed by atoms with Gasteiger partial charge in [0.2, 0.25) is 0 Å². The number of carbonyl (C=O) groups is 1. The number of halogens is 3. The minimum absolute atomic E-state index is 0.0186. The molecular formula is C14H9ClF2N2OS. The molecule has 0 spiro atoms. The molecule has 3 nitrogen and oxygen atoms in total. The van der Waals surface area contributed by atoms with Gasteiger partial charge in [0.05, 0.1) is 5.02 Å². The van der Waals surface area contributed by atoms with E-state index in [-0.39, 0.29) is 21.1 Å². The minimum atomic E-state index is -0.702. The Bertz CT molecular complexity index is 737. The maximum Gasteiger partial charge on any atom is 0.255 e. The predicted octanol–water partition coefficient (Wildman–Crippen LogP) is 3.50. The zero-order valence-electron chi connectivity index (χ0n) is 10.5. The first-order valence-electron chi connectivity index (χ1n) is 5.74. The standard InChI is InChI=1S/C14H9ClF2N2OS/c15-10-3-1-7(5-12(10)17)14(20)19-8-2-4-11(16)9(6-8)13(18)21/h1-6H,(H2,18,21)(H,19,20). The summed E-state index contributed by atoms with van der Waals surface area (Å²) < 4.78 is 26.7. The molecule has 108 valence electrons. The number of nitrogens with two attached hydrogens (primary N) is 1. The summed E-state index contributed by atoms with van der Waals surface area (Å²) in [5.74, 6) is -1.85. The van der Waals surface area contributed by atoms with Crippen molar-refractivity contribution in [3.63, 3.8) is 0 Å². The Hall–Kier alpha value is -2.05. The monoisotopic (exact) mass is 326 g/mol. The predicted molar refractivity (Wildman–Crippen MR) is 81.7 cm³/mol. The summed E-state index contributed by atoms with van der Waals surface area (Å²) in [7, 11) is 0. The van der Waals surface area contributed by atoms with E-state index in [4.69, 9.17) is 29.6 Å². The Morgan fingerprint density at radius 2 is 1.86 bits per heavy atom. The number of hydrogen-bond acceptors (Lipinski definition) is 2. The van der Waals surface area contributed by atoms with Gasteiger partial charge < -0.3 is 11.1 Å². The van der Waals surface area contributed by atoms with E-state index in [9.17, 15) is 13.6 Å². The topological polar surface area (TPSA) is 55.1 Å². The molecule has 0 aromatic heterocycles. The number of amides is 1. The summed E-state index contributed by atoms with van der Waals surface area (Å²) in [6.45, 7) is 0. The van der Waals surface area contributed by atoms with Crippen LogP contribution in [0.5, 0.6) is 0 Å². The fourth-order valence-corrected chi connectivity index (χ4v) is 1.91. The summed E-state index contributed by atoms with van der Waals surface area (Å²) in [6, 6.07) is 7.45. The number of hydrogen-bond donors (Lipinski definition) is 2. The summed E-state index contributed by atoms with van der Waals surface area (Å²) in [6.07, 6.45) is 0. The van der Waals surface area contributed by atoms with Crippen LogP contribution < -0.4 is 11.1 Å². The lowest BCUT2D eigenvalue weighted by molar-refractivity contribution is 0.102. The van der Waals surface area contributed by atoms with E-state index >= 15 is 0 Å². The average Bonchev–Trinajstić information content (AvgIpc) is 2.43. The molecule has 0 bridgehead atoms. The van der Waals surface area contributed by atoms with Crippen LogP contribution in [0, 0.1) is 11.6 Å². The summed E-state index contributed by atoms with van der Waals surface area (Å²) in [4.78, 5) is 11.8.